The summed E-state index contributed by atoms with van der Waals surface area (Å²) in [5.41, 5.74) is 7.37. The molecule has 0 radical (unpaired) electrons. The van der Waals surface area contributed by atoms with E-state index in [0.717, 1.165) is 32.0 Å². The first-order valence-electron chi connectivity index (χ1n) is 10.4. The second kappa shape index (κ2) is 7.71. The lowest BCUT2D eigenvalue weighted by molar-refractivity contribution is 0.308. The van der Waals surface area contributed by atoms with Crippen LogP contribution in [0.25, 0.3) is 10.9 Å². The minimum atomic E-state index is 0. The molecule has 148 valence electrons. The van der Waals surface area contributed by atoms with Crippen LogP contribution in [0.5, 0.6) is 0 Å². The molecule has 3 nitrogen and oxygen atoms in total. The van der Waals surface area contributed by atoms with Crippen molar-refractivity contribution in [1.82, 2.24) is 14.5 Å². The molecule has 0 N–H and O–H groups in total. The van der Waals surface area contributed by atoms with Gasteiger partial charge in [0.1, 0.15) is 0 Å². The van der Waals surface area contributed by atoms with Crippen LogP contribution in [0.4, 0.5) is 0 Å². The van der Waals surface area contributed by atoms with E-state index in [1.54, 1.807) is 11.3 Å². The minimum Gasteiger partial charge on any atom is -0.344 e. The van der Waals surface area contributed by atoms with E-state index in [1.165, 1.54) is 41.3 Å². The fraction of sp³-hybridized carbons (Fsp3) is 0.480. The van der Waals surface area contributed by atoms with Gasteiger partial charge >= 0.3 is 0 Å². The molecule has 1 aromatic carbocycles. The van der Waals surface area contributed by atoms with E-state index in [-0.39, 0.29) is 7.43 Å². The molecular formula is C25H33N3. The summed E-state index contributed by atoms with van der Waals surface area (Å²) in [6.45, 7) is 5.54. The molecule has 1 unspecified atom stereocenters. The van der Waals surface area contributed by atoms with Gasteiger partial charge in [-0.1, -0.05) is 31.9 Å². The monoisotopic (exact) mass is 375 g/mol. The Morgan fingerprint density at radius 2 is 1.93 bits per heavy atom. The molecule has 2 aliphatic rings. The highest BCUT2D eigenvalue weighted by Gasteiger charge is 2.29. The number of fused-ring (bicyclic) bond motifs is 3. The molecule has 1 aliphatic heterocycles. The highest BCUT2D eigenvalue weighted by atomic mass is 15.1. The normalized spacial score (nSPS) is 17.9. The molecule has 0 bridgehead atoms. The Balaban J connectivity index is 0.00000192. The molecule has 3 heteroatoms. The number of benzene rings is 1. The highest BCUT2D eigenvalue weighted by Crippen LogP contribution is 2.40. The van der Waals surface area contributed by atoms with E-state index in [1.807, 2.05) is 12.4 Å². The molecule has 1 saturated carbocycles. The van der Waals surface area contributed by atoms with Gasteiger partial charge in [-0.25, -0.2) is 0 Å². The number of aryl methyl sites for hydroxylation is 1. The van der Waals surface area contributed by atoms with Gasteiger partial charge in [0.15, 0.2) is 0 Å². The average Bonchev–Trinajstić information content (AvgIpc) is 3.45. The number of hydrogen-bond donors (Lipinski definition) is 0. The van der Waals surface area contributed by atoms with Gasteiger partial charge in [-0.15, -0.1) is 0 Å². The van der Waals surface area contributed by atoms with Crippen LogP contribution in [0.15, 0.2) is 42.7 Å². The van der Waals surface area contributed by atoms with Crippen molar-refractivity contribution in [3.8, 4) is 0 Å². The molecule has 0 spiro atoms. The third-order valence-corrected chi connectivity index (χ3v) is 6.50. The topological polar surface area (TPSA) is 21.1 Å². The first kappa shape index (κ1) is 19.2. The summed E-state index contributed by atoms with van der Waals surface area (Å²) in [6.07, 6.45) is 9.20. The number of hydrogen-bond acceptors (Lipinski definition) is 2. The van der Waals surface area contributed by atoms with Crippen molar-refractivity contribution in [2.75, 3.05) is 13.6 Å². The molecule has 0 amide bonds. The van der Waals surface area contributed by atoms with Gasteiger partial charge in [-0.2, -0.15) is 0 Å². The molecular weight excluding hydrogens is 342 g/mol. The van der Waals surface area contributed by atoms with Crippen LogP contribution >= 0.6 is 0 Å². The summed E-state index contributed by atoms with van der Waals surface area (Å²) in [5.74, 6) is 1.51. The summed E-state index contributed by atoms with van der Waals surface area (Å²) in [7, 11) is 2.24. The van der Waals surface area contributed by atoms with Crippen molar-refractivity contribution in [2.45, 2.75) is 59.0 Å². The van der Waals surface area contributed by atoms with Gasteiger partial charge in [-0.3, -0.25) is 4.98 Å². The van der Waals surface area contributed by atoms with Gasteiger partial charge in [-0.05, 0) is 61.7 Å². The zero-order valence-corrected chi connectivity index (χ0v) is 16.5. The summed E-state index contributed by atoms with van der Waals surface area (Å²) in [6, 6.07) is 11.5. The second-order valence-electron chi connectivity index (χ2n) is 8.70. The first-order valence-corrected chi connectivity index (χ1v) is 10.4. The van der Waals surface area contributed by atoms with Crippen LogP contribution in [-0.4, -0.2) is 28.0 Å². The number of nitrogens with zero attached hydrogens (tertiary/aromatic N) is 3. The maximum atomic E-state index is 4.25. The summed E-state index contributed by atoms with van der Waals surface area (Å²) in [4.78, 5) is 6.70. The summed E-state index contributed by atoms with van der Waals surface area (Å²) in [5, 5.41) is 1.47. The van der Waals surface area contributed by atoms with Crippen molar-refractivity contribution >= 4 is 10.9 Å². The van der Waals surface area contributed by atoms with E-state index in [9.17, 15) is 0 Å². The van der Waals surface area contributed by atoms with Crippen LogP contribution in [0.1, 0.15) is 55.0 Å². The SMILES string of the molecule is C.Cc1ccc2c(c1)c1c(n2CC(CC2CC2)c2ccncc2)CCN(C)C1. The predicted octanol–water partition coefficient (Wildman–Crippen LogP) is 5.55. The fourth-order valence-corrected chi connectivity index (χ4v) is 4.84. The number of pyridine rings is 1. The Bertz CT molecular complexity index is 953. The third-order valence-electron chi connectivity index (χ3n) is 6.50. The summed E-state index contributed by atoms with van der Waals surface area (Å²) >= 11 is 0. The zero-order chi connectivity index (χ0) is 18.4. The molecule has 3 aromatic rings. The lowest BCUT2D eigenvalue weighted by Crippen LogP contribution is -2.27. The van der Waals surface area contributed by atoms with Gasteiger partial charge < -0.3 is 9.47 Å². The predicted molar refractivity (Wildman–Crippen MR) is 118 cm³/mol. The van der Waals surface area contributed by atoms with Crippen LogP contribution in [0, 0.1) is 12.8 Å². The van der Waals surface area contributed by atoms with E-state index >= 15 is 0 Å². The molecule has 2 aromatic heterocycles. The molecule has 28 heavy (non-hydrogen) atoms. The highest BCUT2D eigenvalue weighted by molar-refractivity contribution is 5.86. The fourth-order valence-electron chi connectivity index (χ4n) is 4.84. The quantitative estimate of drug-likeness (QED) is 0.583. The van der Waals surface area contributed by atoms with E-state index < -0.39 is 0 Å². The van der Waals surface area contributed by atoms with Gasteiger partial charge in [0.25, 0.3) is 0 Å². The molecule has 3 heterocycles. The smallest absolute Gasteiger partial charge is 0.0486 e. The van der Waals surface area contributed by atoms with E-state index in [2.05, 4.69) is 58.8 Å². The standard InChI is InChI=1S/C24H29N3.CH4/c1-17-3-6-23-21(13-17)22-16-26(2)12-9-24(22)27(23)15-20(14-18-4-5-18)19-7-10-25-11-8-19;/h3,6-8,10-11,13,18,20H,4-5,9,12,14-16H2,1-2H3;1H4. The van der Waals surface area contributed by atoms with Crippen molar-refractivity contribution < 1.29 is 0 Å². The summed E-state index contributed by atoms with van der Waals surface area (Å²) < 4.78 is 2.66. The van der Waals surface area contributed by atoms with Crippen LogP contribution in [0.3, 0.4) is 0 Å². The van der Waals surface area contributed by atoms with Crippen molar-refractivity contribution in [3.63, 3.8) is 0 Å². The Hall–Kier alpha value is -2.13. The van der Waals surface area contributed by atoms with Gasteiger partial charge in [0, 0.05) is 61.0 Å². The van der Waals surface area contributed by atoms with Crippen molar-refractivity contribution in [1.29, 1.82) is 0 Å². The molecule has 1 atom stereocenters. The maximum absolute atomic E-state index is 4.25. The second-order valence-corrected chi connectivity index (χ2v) is 8.70. The van der Waals surface area contributed by atoms with Gasteiger partial charge in [0.05, 0.1) is 0 Å². The molecule has 1 aliphatic carbocycles. The molecule has 1 fully saturated rings. The minimum absolute atomic E-state index is 0. The first-order chi connectivity index (χ1) is 13.2. The Labute approximate surface area is 169 Å². The Kier molecular flexibility index (Phi) is 5.29. The maximum Gasteiger partial charge on any atom is 0.0486 e. The largest absolute Gasteiger partial charge is 0.344 e. The average molecular weight is 376 g/mol. The lowest BCUT2D eigenvalue weighted by Gasteiger charge is -2.26. The molecule has 5 rings (SSSR count). The Morgan fingerprint density at radius 3 is 2.68 bits per heavy atom. The number of likely N-dealkylation sites (N-methyl/N-ethyl adjacent to an activating group) is 1. The molecule has 0 saturated heterocycles. The lowest BCUT2D eigenvalue weighted by atomic mass is 9.94. The Morgan fingerprint density at radius 1 is 1.14 bits per heavy atom. The van der Waals surface area contributed by atoms with Gasteiger partial charge in [0.2, 0.25) is 0 Å². The van der Waals surface area contributed by atoms with E-state index in [4.69, 9.17) is 0 Å². The third kappa shape index (κ3) is 3.60. The van der Waals surface area contributed by atoms with Crippen molar-refractivity contribution in [2.24, 2.45) is 5.92 Å². The van der Waals surface area contributed by atoms with Crippen LogP contribution in [-0.2, 0) is 19.5 Å². The number of rotatable bonds is 5. The van der Waals surface area contributed by atoms with Crippen LogP contribution in [0.2, 0.25) is 0 Å². The number of aromatic nitrogens is 2. The zero-order valence-electron chi connectivity index (χ0n) is 16.5. The van der Waals surface area contributed by atoms with Crippen molar-refractivity contribution in [3.05, 3.63) is 65.1 Å². The van der Waals surface area contributed by atoms with Crippen LogP contribution < -0.4 is 0 Å². The van der Waals surface area contributed by atoms with E-state index in [0.29, 0.717) is 5.92 Å².